The Morgan fingerprint density at radius 2 is 2.00 bits per heavy atom. The van der Waals surface area contributed by atoms with Crippen molar-refractivity contribution in [3.63, 3.8) is 0 Å². The van der Waals surface area contributed by atoms with Crippen molar-refractivity contribution < 1.29 is 14.3 Å². The highest BCUT2D eigenvalue weighted by Crippen LogP contribution is 2.43. The predicted octanol–water partition coefficient (Wildman–Crippen LogP) is 2.07. The molecule has 1 fully saturated rings. The van der Waals surface area contributed by atoms with E-state index in [1.165, 1.54) is 7.11 Å². The summed E-state index contributed by atoms with van der Waals surface area (Å²) < 4.78 is 4.58. The lowest BCUT2D eigenvalue weighted by Gasteiger charge is -1.99. The summed E-state index contributed by atoms with van der Waals surface area (Å²) in [5.74, 6) is 0.115. The number of hydrogen-bond acceptors (Lipinski definition) is 3. The van der Waals surface area contributed by atoms with Gasteiger partial charge in [-0.1, -0.05) is 30.3 Å². The van der Waals surface area contributed by atoms with Crippen LogP contribution in [0, 0.1) is 11.8 Å². The van der Waals surface area contributed by atoms with Crippen LogP contribution in [0.1, 0.15) is 23.2 Å². The summed E-state index contributed by atoms with van der Waals surface area (Å²) in [4.78, 5) is 23.0. The molecule has 0 N–H and O–H groups in total. The van der Waals surface area contributed by atoms with E-state index in [1.807, 2.05) is 30.3 Å². The van der Waals surface area contributed by atoms with Crippen molar-refractivity contribution in [3.05, 3.63) is 35.9 Å². The molecule has 0 saturated heterocycles. The van der Waals surface area contributed by atoms with Crippen LogP contribution in [0.15, 0.2) is 30.3 Å². The smallest absolute Gasteiger partial charge is 0.305 e. The second-order valence-electron chi connectivity index (χ2n) is 4.11. The Labute approximate surface area is 94.4 Å². The van der Waals surface area contributed by atoms with Gasteiger partial charge in [0.15, 0.2) is 5.78 Å². The van der Waals surface area contributed by atoms with Crippen LogP contribution in [0.4, 0.5) is 0 Å². The Balaban J connectivity index is 1.93. The van der Waals surface area contributed by atoms with Gasteiger partial charge in [-0.25, -0.2) is 0 Å². The molecular formula is C13H14O3. The van der Waals surface area contributed by atoms with Crippen LogP contribution in [0.3, 0.4) is 0 Å². The minimum atomic E-state index is -0.228. The van der Waals surface area contributed by atoms with E-state index in [4.69, 9.17) is 0 Å². The average Bonchev–Trinajstić information content (AvgIpc) is 3.08. The van der Waals surface area contributed by atoms with Crippen LogP contribution in [-0.4, -0.2) is 18.9 Å². The Bertz CT molecular complexity index is 397. The molecule has 1 saturated carbocycles. The maximum Gasteiger partial charge on any atom is 0.305 e. The minimum absolute atomic E-state index is 0.0153. The van der Waals surface area contributed by atoms with E-state index in [0.717, 1.165) is 12.0 Å². The van der Waals surface area contributed by atoms with Crippen LogP contribution in [0.5, 0.6) is 0 Å². The third kappa shape index (κ3) is 2.30. The number of benzene rings is 1. The molecule has 1 aliphatic carbocycles. The van der Waals surface area contributed by atoms with Crippen molar-refractivity contribution in [1.29, 1.82) is 0 Å². The second kappa shape index (κ2) is 4.47. The number of carbonyl (C=O) groups excluding carboxylic acids is 2. The molecule has 84 valence electrons. The number of ketones is 1. The number of esters is 1. The van der Waals surface area contributed by atoms with Crippen molar-refractivity contribution in [1.82, 2.24) is 0 Å². The molecule has 1 aromatic rings. The van der Waals surface area contributed by atoms with Crippen molar-refractivity contribution in [2.45, 2.75) is 12.8 Å². The fourth-order valence-corrected chi connectivity index (χ4v) is 1.91. The maximum atomic E-state index is 11.9. The monoisotopic (exact) mass is 218 g/mol. The van der Waals surface area contributed by atoms with Gasteiger partial charge >= 0.3 is 5.97 Å². The molecule has 0 radical (unpaired) electrons. The summed E-state index contributed by atoms with van der Waals surface area (Å²) in [6.07, 6.45) is 1.17. The molecule has 2 atom stereocenters. The molecule has 1 aliphatic rings. The molecule has 0 spiro atoms. The molecule has 0 aliphatic heterocycles. The molecule has 0 unspecified atom stereocenters. The number of methoxy groups -OCH3 is 1. The van der Waals surface area contributed by atoms with E-state index in [9.17, 15) is 9.59 Å². The normalized spacial score (nSPS) is 22.6. The van der Waals surface area contributed by atoms with Crippen molar-refractivity contribution in [2.75, 3.05) is 7.11 Å². The predicted molar refractivity (Wildman–Crippen MR) is 59.0 cm³/mol. The highest BCUT2D eigenvalue weighted by Gasteiger charge is 2.44. The van der Waals surface area contributed by atoms with E-state index < -0.39 is 0 Å². The highest BCUT2D eigenvalue weighted by molar-refractivity contribution is 5.99. The maximum absolute atomic E-state index is 11.9. The molecule has 1 aromatic carbocycles. The van der Waals surface area contributed by atoms with E-state index in [-0.39, 0.29) is 23.6 Å². The Kier molecular flexibility index (Phi) is 3.04. The van der Waals surface area contributed by atoms with Gasteiger partial charge in [-0.15, -0.1) is 0 Å². The van der Waals surface area contributed by atoms with Gasteiger partial charge in [0.1, 0.15) is 0 Å². The first kappa shape index (κ1) is 10.9. The van der Waals surface area contributed by atoms with Gasteiger partial charge in [-0.3, -0.25) is 9.59 Å². The summed E-state index contributed by atoms with van der Waals surface area (Å²) in [5, 5.41) is 0. The third-order valence-corrected chi connectivity index (χ3v) is 2.97. The van der Waals surface area contributed by atoms with Gasteiger partial charge < -0.3 is 4.74 Å². The quantitative estimate of drug-likeness (QED) is 0.574. The summed E-state index contributed by atoms with van der Waals surface area (Å²) in [5.41, 5.74) is 0.736. The zero-order valence-electron chi connectivity index (χ0n) is 9.18. The number of carbonyl (C=O) groups is 2. The van der Waals surface area contributed by atoms with Gasteiger partial charge in [0.2, 0.25) is 0 Å². The SMILES string of the molecule is COC(=O)C[C@@H]1C[C@H]1C(=O)c1ccccc1. The lowest BCUT2D eigenvalue weighted by Crippen LogP contribution is -2.06. The summed E-state index contributed by atoms with van der Waals surface area (Å²) in [6, 6.07) is 9.22. The van der Waals surface area contributed by atoms with Crippen LogP contribution < -0.4 is 0 Å². The van der Waals surface area contributed by atoms with Gasteiger partial charge in [-0.2, -0.15) is 0 Å². The molecule has 0 bridgehead atoms. The van der Waals surface area contributed by atoms with Gasteiger partial charge in [-0.05, 0) is 12.3 Å². The molecule has 3 nitrogen and oxygen atoms in total. The van der Waals surface area contributed by atoms with Gasteiger partial charge in [0.25, 0.3) is 0 Å². The van der Waals surface area contributed by atoms with E-state index >= 15 is 0 Å². The van der Waals surface area contributed by atoms with E-state index in [2.05, 4.69) is 4.74 Å². The number of ether oxygens (including phenoxy) is 1. The van der Waals surface area contributed by atoms with Crippen LogP contribution in [-0.2, 0) is 9.53 Å². The lowest BCUT2D eigenvalue weighted by molar-refractivity contribution is -0.141. The Morgan fingerprint density at radius 1 is 1.31 bits per heavy atom. The first-order valence-corrected chi connectivity index (χ1v) is 5.38. The van der Waals surface area contributed by atoms with Crippen molar-refractivity contribution >= 4 is 11.8 Å². The minimum Gasteiger partial charge on any atom is -0.469 e. The summed E-state index contributed by atoms with van der Waals surface area (Å²) in [7, 11) is 1.37. The second-order valence-corrected chi connectivity index (χ2v) is 4.11. The number of Topliss-reactive ketones (excluding diaryl/α,β-unsaturated/α-hetero) is 1. The Morgan fingerprint density at radius 3 is 2.62 bits per heavy atom. The molecular weight excluding hydrogens is 204 g/mol. The van der Waals surface area contributed by atoms with Crippen molar-refractivity contribution in [2.24, 2.45) is 11.8 Å². The van der Waals surface area contributed by atoms with E-state index in [0.29, 0.717) is 6.42 Å². The number of hydrogen-bond donors (Lipinski definition) is 0. The highest BCUT2D eigenvalue weighted by atomic mass is 16.5. The molecule has 0 amide bonds. The Hall–Kier alpha value is -1.64. The standard InChI is InChI=1S/C13H14O3/c1-16-12(14)8-10-7-11(10)13(15)9-5-3-2-4-6-9/h2-6,10-11H,7-8H2,1H3/t10-,11+/m0/s1. The van der Waals surface area contributed by atoms with E-state index in [1.54, 1.807) is 0 Å². The first-order valence-electron chi connectivity index (χ1n) is 5.38. The summed E-state index contributed by atoms with van der Waals surface area (Å²) >= 11 is 0. The molecule has 0 heterocycles. The fourth-order valence-electron chi connectivity index (χ4n) is 1.91. The zero-order valence-corrected chi connectivity index (χ0v) is 9.18. The first-order chi connectivity index (χ1) is 7.72. The molecule has 2 rings (SSSR count). The van der Waals surface area contributed by atoms with Crippen LogP contribution >= 0.6 is 0 Å². The lowest BCUT2D eigenvalue weighted by atomic mass is 10.1. The molecule has 16 heavy (non-hydrogen) atoms. The average molecular weight is 218 g/mol. The topological polar surface area (TPSA) is 43.4 Å². The van der Waals surface area contributed by atoms with Crippen LogP contribution in [0.25, 0.3) is 0 Å². The largest absolute Gasteiger partial charge is 0.469 e. The zero-order chi connectivity index (χ0) is 11.5. The van der Waals surface area contributed by atoms with Gasteiger partial charge in [0.05, 0.1) is 7.11 Å². The molecule has 0 aromatic heterocycles. The summed E-state index contributed by atoms with van der Waals surface area (Å²) in [6.45, 7) is 0. The van der Waals surface area contributed by atoms with Crippen molar-refractivity contribution in [3.8, 4) is 0 Å². The fraction of sp³-hybridized carbons (Fsp3) is 0.385. The molecule has 3 heteroatoms. The van der Waals surface area contributed by atoms with Gasteiger partial charge in [0, 0.05) is 17.9 Å². The number of rotatable bonds is 4. The third-order valence-electron chi connectivity index (χ3n) is 2.97. The van der Waals surface area contributed by atoms with Crippen LogP contribution in [0.2, 0.25) is 0 Å².